The number of nitrogens with one attached hydrogen (secondary N) is 2. The molecule has 0 radical (unpaired) electrons. The van der Waals surface area contributed by atoms with E-state index in [-0.39, 0.29) is 29.7 Å². The number of furan rings is 1. The van der Waals surface area contributed by atoms with Crippen molar-refractivity contribution in [3.05, 3.63) is 46.2 Å². The van der Waals surface area contributed by atoms with Crippen LogP contribution in [0.3, 0.4) is 0 Å². The van der Waals surface area contributed by atoms with Crippen LogP contribution < -0.4 is 5.32 Å². The predicted molar refractivity (Wildman–Crippen MR) is 90.6 cm³/mol. The van der Waals surface area contributed by atoms with Gasteiger partial charge in [-0.3, -0.25) is 9.59 Å². The third kappa shape index (κ3) is 3.99. The maximum absolute atomic E-state index is 12.3. The van der Waals surface area contributed by atoms with E-state index < -0.39 is 5.97 Å². The van der Waals surface area contributed by atoms with E-state index in [1.54, 1.807) is 19.9 Å². The van der Waals surface area contributed by atoms with Gasteiger partial charge in [0.15, 0.2) is 5.78 Å². The lowest BCUT2D eigenvalue weighted by Crippen LogP contribution is -2.28. The Morgan fingerprint density at radius 3 is 2.48 bits per heavy atom. The van der Waals surface area contributed by atoms with Crippen LogP contribution in [0, 0.1) is 13.8 Å². The molecular formula is C18H22N2O5. The van der Waals surface area contributed by atoms with E-state index in [0.717, 1.165) is 5.76 Å². The number of aryl methyl sites for hydroxylation is 1. The molecule has 2 N–H and O–H groups in total. The molecule has 0 saturated heterocycles. The first-order valence-corrected chi connectivity index (χ1v) is 7.91. The Labute approximate surface area is 145 Å². The Morgan fingerprint density at radius 2 is 1.96 bits per heavy atom. The number of esters is 1. The maximum Gasteiger partial charge on any atom is 0.339 e. The van der Waals surface area contributed by atoms with Crippen molar-refractivity contribution in [2.75, 3.05) is 7.11 Å². The monoisotopic (exact) mass is 346 g/mol. The standard InChI is InChI=1S/C18H22N2O5/c1-9-6-7-14(25-9)11(3)19-15(22)8-13-16(18(23)24-5)10(2)17(20-13)12(4)21/h6-7,11,20H,8H2,1-5H3,(H,19,22). The molecule has 2 aromatic heterocycles. The van der Waals surface area contributed by atoms with Gasteiger partial charge in [0, 0.05) is 12.6 Å². The lowest BCUT2D eigenvalue weighted by Gasteiger charge is -2.11. The second kappa shape index (κ2) is 7.38. The van der Waals surface area contributed by atoms with E-state index in [9.17, 15) is 14.4 Å². The summed E-state index contributed by atoms with van der Waals surface area (Å²) in [7, 11) is 1.26. The number of rotatable bonds is 6. The fourth-order valence-electron chi connectivity index (χ4n) is 2.73. The Kier molecular flexibility index (Phi) is 5.46. The number of hydrogen-bond donors (Lipinski definition) is 2. The minimum absolute atomic E-state index is 0.0808. The zero-order chi connectivity index (χ0) is 18.7. The molecule has 1 amide bonds. The molecule has 25 heavy (non-hydrogen) atoms. The number of amides is 1. The number of carbonyl (C=O) groups is 3. The van der Waals surface area contributed by atoms with Crippen molar-refractivity contribution >= 4 is 17.7 Å². The summed E-state index contributed by atoms with van der Waals surface area (Å²) in [5, 5.41) is 2.81. The van der Waals surface area contributed by atoms with Crippen molar-refractivity contribution in [3.63, 3.8) is 0 Å². The van der Waals surface area contributed by atoms with Crippen molar-refractivity contribution in [3.8, 4) is 0 Å². The van der Waals surface area contributed by atoms with Crippen molar-refractivity contribution in [2.24, 2.45) is 0 Å². The van der Waals surface area contributed by atoms with Crippen LogP contribution >= 0.6 is 0 Å². The number of aromatic amines is 1. The highest BCUT2D eigenvalue weighted by Crippen LogP contribution is 2.21. The van der Waals surface area contributed by atoms with Gasteiger partial charge < -0.3 is 19.5 Å². The van der Waals surface area contributed by atoms with E-state index in [1.807, 2.05) is 13.0 Å². The number of H-pyrrole nitrogens is 1. The average molecular weight is 346 g/mol. The molecule has 7 heteroatoms. The molecule has 134 valence electrons. The van der Waals surface area contributed by atoms with Crippen LogP contribution in [0.25, 0.3) is 0 Å². The summed E-state index contributed by atoms with van der Waals surface area (Å²) in [6.07, 6.45) is -0.0808. The first kappa shape index (κ1) is 18.5. The fourth-order valence-corrected chi connectivity index (χ4v) is 2.73. The zero-order valence-corrected chi connectivity index (χ0v) is 15.0. The Morgan fingerprint density at radius 1 is 1.28 bits per heavy atom. The topological polar surface area (TPSA) is 101 Å². The van der Waals surface area contributed by atoms with Crippen molar-refractivity contribution in [2.45, 2.75) is 40.2 Å². The molecular weight excluding hydrogens is 324 g/mol. The molecule has 7 nitrogen and oxygen atoms in total. The van der Waals surface area contributed by atoms with Crippen LogP contribution in [0.1, 0.15) is 63.5 Å². The van der Waals surface area contributed by atoms with Gasteiger partial charge >= 0.3 is 5.97 Å². The minimum atomic E-state index is -0.584. The highest BCUT2D eigenvalue weighted by atomic mass is 16.5. The SMILES string of the molecule is COC(=O)c1c(CC(=O)NC(C)c2ccc(C)o2)[nH]c(C(C)=O)c1C. The highest BCUT2D eigenvalue weighted by Gasteiger charge is 2.25. The number of methoxy groups -OCH3 is 1. The number of Topliss-reactive ketones (excluding diaryl/α,β-unsaturated/α-hetero) is 1. The molecule has 1 unspecified atom stereocenters. The molecule has 2 rings (SSSR count). The number of ketones is 1. The first-order chi connectivity index (χ1) is 11.7. The van der Waals surface area contributed by atoms with Gasteiger partial charge in [-0.2, -0.15) is 0 Å². The van der Waals surface area contributed by atoms with Crippen molar-refractivity contribution < 1.29 is 23.5 Å². The molecule has 0 aliphatic rings. The molecule has 2 aromatic rings. The summed E-state index contributed by atoms with van der Waals surface area (Å²) in [6, 6.07) is 3.30. The molecule has 0 aliphatic carbocycles. The quantitative estimate of drug-likeness (QED) is 0.618. The van der Waals surface area contributed by atoms with Gasteiger partial charge in [-0.15, -0.1) is 0 Å². The van der Waals surface area contributed by atoms with Crippen LogP contribution in [0.2, 0.25) is 0 Å². The minimum Gasteiger partial charge on any atom is -0.465 e. The van der Waals surface area contributed by atoms with Gasteiger partial charge in [-0.05, 0) is 38.5 Å². The Balaban J connectivity index is 2.21. The zero-order valence-electron chi connectivity index (χ0n) is 15.0. The largest absolute Gasteiger partial charge is 0.465 e. The summed E-state index contributed by atoms with van der Waals surface area (Å²) < 4.78 is 10.3. The van der Waals surface area contributed by atoms with E-state index in [2.05, 4.69) is 10.3 Å². The van der Waals surface area contributed by atoms with Gasteiger partial charge in [-0.1, -0.05) is 0 Å². The second-order valence-corrected chi connectivity index (χ2v) is 5.94. The fraction of sp³-hybridized carbons (Fsp3) is 0.389. The van der Waals surface area contributed by atoms with Crippen LogP contribution in [-0.2, 0) is 16.0 Å². The second-order valence-electron chi connectivity index (χ2n) is 5.94. The molecule has 0 saturated carbocycles. The van der Waals surface area contributed by atoms with Crippen LogP contribution in [0.5, 0.6) is 0 Å². The molecule has 0 spiro atoms. The number of carbonyl (C=O) groups excluding carboxylic acids is 3. The average Bonchev–Trinajstić information content (AvgIpc) is 3.10. The van der Waals surface area contributed by atoms with E-state index in [0.29, 0.717) is 22.7 Å². The van der Waals surface area contributed by atoms with Gasteiger partial charge in [0.25, 0.3) is 0 Å². The molecule has 0 aromatic carbocycles. The van der Waals surface area contributed by atoms with Crippen molar-refractivity contribution in [1.29, 1.82) is 0 Å². The smallest absolute Gasteiger partial charge is 0.339 e. The summed E-state index contributed by atoms with van der Waals surface area (Å²) in [5.74, 6) is 0.303. The summed E-state index contributed by atoms with van der Waals surface area (Å²) in [5.41, 5.74) is 1.37. The molecule has 0 aliphatic heterocycles. The van der Waals surface area contributed by atoms with Crippen LogP contribution in [0.4, 0.5) is 0 Å². The van der Waals surface area contributed by atoms with E-state index in [4.69, 9.17) is 9.15 Å². The summed E-state index contributed by atoms with van der Waals surface area (Å²) in [6.45, 7) is 6.67. The number of aromatic nitrogens is 1. The first-order valence-electron chi connectivity index (χ1n) is 7.91. The van der Waals surface area contributed by atoms with E-state index in [1.165, 1.54) is 14.0 Å². The highest BCUT2D eigenvalue weighted by molar-refractivity contribution is 6.01. The van der Waals surface area contributed by atoms with E-state index >= 15 is 0 Å². The number of hydrogen-bond acceptors (Lipinski definition) is 5. The molecule has 1 atom stereocenters. The van der Waals surface area contributed by atoms with Gasteiger partial charge in [0.2, 0.25) is 5.91 Å². The molecule has 0 bridgehead atoms. The van der Waals surface area contributed by atoms with Crippen LogP contribution in [-0.4, -0.2) is 29.8 Å². The third-order valence-corrected chi connectivity index (χ3v) is 3.97. The van der Waals surface area contributed by atoms with Gasteiger partial charge in [0.1, 0.15) is 11.5 Å². The lowest BCUT2D eigenvalue weighted by molar-refractivity contribution is -0.121. The predicted octanol–water partition coefficient (Wildman–Crippen LogP) is 2.63. The summed E-state index contributed by atoms with van der Waals surface area (Å²) >= 11 is 0. The maximum atomic E-state index is 12.3. The third-order valence-electron chi connectivity index (χ3n) is 3.97. The number of ether oxygens (including phenoxy) is 1. The molecule has 2 heterocycles. The van der Waals surface area contributed by atoms with Crippen molar-refractivity contribution in [1.82, 2.24) is 10.3 Å². The molecule has 0 fully saturated rings. The normalized spacial score (nSPS) is 11.9. The summed E-state index contributed by atoms with van der Waals surface area (Å²) in [4.78, 5) is 38.9. The van der Waals surface area contributed by atoms with Crippen LogP contribution in [0.15, 0.2) is 16.5 Å². The van der Waals surface area contributed by atoms with Gasteiger partial charge in [0.05, 0.1) is 30.8 Å². The Bertz CT molecular complexity index is 816. The lowest BCUT2D eigenvalue weighted by atomic mass is 10.1. The van der Waals surface area contributed by atoms with Gasteiger partial charge in [-0.25, -0.2) is 4.79 Å². The Hall–Kier alpha value is -2.83.